The summed E-state index contributed by atoms with van der Waals surface area (Å²) in [4.78, 5) is 0. The summed E-state index contributed by atoms with van der Waals surface area (Å²) in [6.07, 6.45) is 0. The molecule has 0 N–H and O–H groups in total. The highest BCUT2D eigenvalue weighted by atomic mass is 16.6. The van der Waals surface area contributed by atoms with Crippen LogP contribution < -0.4 is 9.47 Å². The molecule has 0 aliphatic carbocycles. The van der Waals surface area contributed by atoms with Gasteiger partial charge in [-0.05, 0) is 84.9 Å². The van der Waals surface area contributed by atoms with E-state index >= 15 is 0 Å². The van der Waals surface area contributed by atoms with Crippen molar-refractivity contribution in [3.63, 3.8) is 0 Å². The normalized spacial score (nSPS) is 12.1. The van der Waals surface area contributed by atoms with Crippen molar-refractivity contribution in [2.24, 2.45) is 0 Å². The number of hydrogen-bond acceptors (Lipinski definition) is 2. The summed E-state index contributed by atoms with van der Waals surface area (Å²) in [5, 5.41) is 7.76. The molecular formula is C36H22O2. The molecule has 0 radical (unpaired) electrons. The average Bonchev–Trinajstić information content (AvgIpc) is 3.00. The maximum atomic E-state index is 6.11. The third kappa shape index (κ3) is 3.28. The van der Waals surface area contributed by atoms with Crippen LogP contribution in [0.2, 0.25) is 0 Å². The zero-order chi connectivity index (χ0) is 25.1. The molecule has 0 amide bonds. The van der Waals surface area contributed by atoms with Gasteiger partial charge in [-0.2, -0.15) is 0 Å². The molecule has 0 bridgehead atoms. The Bertz CT molecular complexity index is 1980. The van der Waals surface area contributed by atoms with Gasteiger partial charge in [-0.15, -0.1) is 0 Å². The summed E-state index contributed by atoms with van der Waals surface area (Å²) in [6.45, 7) is 0. The Morgan fingerprint density at radius 3 is 1.26 bits per heavy atom. The van der Waals surface area contributed by atoms with E-state index in [1.165, 1.54) is 43.4 Å². The van der Waals surface area contributed by atoms with E-state index in [1.54, 1.807) is 0 Å². The fourth-order valence-electron chi connectivity index (χ4n) is 5.65. The molecule has 0 fully saturated rings. The molecule has 0 atom stereocenters. The zero-order valence-electron chi connectivity index (χ0n) is 20.5. The predicted molar refractivity (Wildman–Crippen MR) is 156 cm³/mol. The number of fused-ring (bicyclic) bond motifs is 8. The van der Waals surface area contributed by atoms with Crippen molar-refractivity contribution in [2.45, 2.75) is 0 Å². The highest BCUT2D eigenvalue weighted by Crippen LogP contribution is 2.46. The van der Waals surface area contributed by atoms with Crippen LogP contribution in [0.3, 0.4) is 0 Å². The van der Waals surface area contributed by atoms with E-state index in [-0.39, 0.29) is 0 Å². The minimum Gasteiger partial charge on any atom is -0.450 e. The van der Waals surface area contributed by atoms with Gasteiger partial charge >= 0.3 is 0 Å². The Labute approximate surface area is 220 Å². The first-order valence-electron chi connectivity index (χ1n) is 12.8. The lowest BCUT2D eigenvalue weighted by Gasteiger charge is -2.21. The molecule has 2 heteroatoms. The van der Waals surface area contributed by atoms with Gasteiger partial charge in [-0.1, -0.05) is 103 Å². The van der Waals surface area contributed by atoms with E-state index in [1.807, 2.05) is 36.4 Å². The lowest BCUT2D eigenvalue weighted by molar-refractivity contribution is 0.360. The molecule has 0 saturated heterocycles. The highest BCUT2D eigenvalue weighted by molar-refractivity contribution is 6.25. The molecule has 1 heterocycles. The second-order valence-corrected chi connectivity index (χ2v) is 9.74. The summed E-state index contributed by atoms with van der Waals surface area (Å²) in [5.41, 5.74) is 4.63. The highest BCUT2D eigenvalue weighted by Gasteiger charge is 2.18. The fraction of sp³-hybridized carbons (Fsp3) is 0. The van der Waals surface area contributed by atoms with Crippen molar-refractivity contribution in [3.05, 3.63) is 133 Å². The van der Waals surface area contributed by atoms with E-state index in [0.29, 0.717) is 0 Å². The second-order valence-electron chi connectivity index (χ2n) is 9.74. The molecule has 38 heavy (non-hydrogen) atoms. The van der Waals surface area contributed by atoms with E-state index in [4.69, 9.17) is 9.47 Å². The van der Waals surface area contributed by atoms with Crippen LogP contribution in [0, 0.1) is 0 Å². The molecule has 178 valence electrons. The Balaban J connectivity index is 1.18. The van der Waals surface area contributed by atoms with Gasteiger partial charge in [-0.25, -0.2) is 0 Å². The van der Waals surface area contributed by atoms with Crippen LogP contribution in [0.15, 0.2) is 133 Å². The predicted octanol–water partition coefficient (Wildman–Crippen LogP) is 10.4. The summed E-state index contributed by atoms with van der Waals surface area (Å²) >= 11 is 0. The number of rotatable bonds is 2. The Morgan fingerprint density at radius 1 is 0.263 bits per heavy atom. The van der Waals surface area contributed by atoms with Gasteiger partial charge in [0, 0.05) is 0 Å². The lowest BCUT2D eigenvalue weighted by atomic mass is 9.92. The molecule has 0 saturated carbocycles. The first kappa shape index (κ1) is 21.0. The number of para-hydroxylation sites is 2. The van der Waals surface area contributed by atoms with Crippen LogP contribution in [-0.2, 0) is 0 Å². The van der Waals surface area contributed by atoms with Crippen molar-refractivity contribution in [1.82, 2.24) is 0 Å². The van der Waals surface area contributed by atoms with Gasteiger partial charge in [0.05, 0.1) is 0 Å². The van der Waals surface area contributed by atoms with E-state index in [9.17, 15) is 0 Å². The quantitative estimate of drug-likeness (QED) is 0.226. The number of benzene rings is 7. The number of hydrogen-bond donors (Lipinski definition) is 0. The van der Waals surface area contributed by atoms with Gasteiger partial charge in [0.1, 0.15) is 0 Å². The van der Waals surface area contributed by atoms with Crippen molar-refractivity contribution in [3.8, 4) is 45.3 Å². The Hall–Kier alpha value is -5.08. The van der Waals surface area contributed by atoms with E-state index in [2.05, 4.69) is 97.1 Å². The van der Waals surface area contributed by atoms with Crippen molar-refractivity contribution >= 4 is 32.3 Å². The topological polar surface area (TPSA) is 18.5 Å². The minimum absolute atomic E-state index is 0.735. The van der Waals surface area contributed by atoms with E-state index < -0.39 is 0 Å². The molecule has 0 aromatic heterocycles. The fourth-order valence-corrected chi connectivity index (χ4v) is 5.65. The standard InChI is InChI=1S/C36H22O2/c1-2-9-29-27(7-1)28-8-3-4-10-30(28)32-21-25(17-19-31(29)32)23-13-15-24(16-14-23)26-18-20-35-36(22-26)38-34-12-6-5-11-33(34)37-35/h1-22H. The molecule has 7 aromatic rings. The second kappa shape index (κ2) is 8.22. The Kier molecular flexibility index (Phi) is 4.55. The van der Waals surface area contributed by atoms with Gasteiger partial charge in [0.2, 0.25) is 0 Å². The minimum atomic E-state index is 0.735. The Morgan fingerprint density at radius 2 is 0.658 bits per heavy atom. The van der Waals surface area contributed by atoms with Crippen molar-refractivity contribution < 1.29 is 9.47 Å². The largest absolute Gasteiger partial charge is 0.450 e. The van der Waals surface area contributed by atoms with Crippen LogP contribution in [0.5, 0.6) is 23.0 Å². The summed E-state index contributed by atoms with van der Waals surface area (Å²) in [7, 11) is 0. The monoisotopic (exact) mass is 486 g/mol. The summed E-state index contributed by atoms with van der Waals surface area (Å²) < 4.78 is 12.1. The SMILES string of the molecule is c1ccc2c(c1)Oc1ccc(-c3ccc(-c4ccc5c6ccccc6c6ccccc6c5c4)cc3)cc1O2. The van der Waals surface area contributed by atoms with Gasteiger partial charge < -0.3 is 9.47 Å². The number of ether oxygens (including phenoxy) is 2. The molecule has 0 spiro atoms. The smallest absolute Gasteiger partial charge is 0.170 e. The first-order chi connectivity index (χ1) is 18.8. The molecule has 1 aliphatic rings. The van der Waals surface area contributed by atoms with Crippen molar-refractivity contribution in [2.75, 3.05) is 0 Å². The van der Waals surface area contributed by atoms with Crippen LogP contribution in [0.1, 0.15) is 0 Å². The van der Waals surface area contributed by atoms with Crippen LogP contribution >= 0.6 is 0 Å². The third-order valence-electron chi connectivity index (χ3n) is 7.53. The maximum absolute atomic E-state index is 6.11. The summed E-state index contributed by atoms with van der Waals surface area (Å²) in [5.74, 6) is 2.95. The molecule has 1 aliphatic heterocycles. The molecular weight excluding hydrogens is 464 g/mol. The molecule has 0 unspecified atom stereocenters. The lowest BCUT2D eigenvalue weighted by Crippen LogP contribution is -1.98. The van der Waals surface area contributed by atoms with Crippen LogP contribution in [-0.4, -0.2) is 0 Å². The average molecular weight is 487 g/mol. The summed E-state index contributed by atoms with van der Waals surface area (Å²) in [6, 6.07) is 46.9. The first-order valence-corrected chi connectivity index (χ1v) is 12.8. The molecule has 8 rings (SSSR count). The van der Waals surface area contributed by atoms with E-state index in [0.717, 1.165) is 34.1 Å². The molecule has 7 aromatic carbocycles. The zero-order valence-corrected chi connectivity index (χ0v) is 20.5. The van der Waals surface area contributed by atoms with Crippen molar-refractivity contribution in [1.29, 1.82) is 0 Å². The van der Waals surface area contributed by atoms with Gasteiger partial charge in [0.25, 0.3) is 0 Å². The van der Waals surface area contributed by atoms with Crippen LogP contribution in [0.4, 0.5) is 0 Å². The molecule has 2 nitrogen and oxygen atoms in total. The van der Waals surface area contributed by atoms with Gasteiger partial charge in [-0.3, -0.25) is 0 Å². The third-order valence-corrected chi connectivity index (χ3v) is 7.53. The van der Waals surface area contributed by atoms with Crippen LogP contribution in [0.25, 0.3) is 54.6 Å². The maximum Gasteiger partial charge on any atom is 0.170 e. The van der Waals surface area contributed by atoms with Gasteiger partial charge in [0.15, 0.2) is 23.0 Å².